The monoisotopic (exact) mass is 439 g/mol. The number of hydrazone groups is 1. The van der Waals surface area contributed by atoms with Crippen LogP contribution in [0.5, 0.6) is 0 Å². The van der Waals surface area contributed by atoms with E-state index in [1.54, 1.807) is 29.8 Å². The number of fused-ring (bicyclic) bond motifs is 1. The average molecular weight is 440 g/mol. The molecule has 9 heteroatoms. The van der Waals surface area contributed by atoms with Crippen molar-refractivity contribution in [1.82, 2.24) is 15.0 Å². The molecule has 30 heavy (non-hydrogen) atoms. The van der Waals surface area contributed by atoms with E-state index < -0.39 is 0 Å². The number of nitrogens with two attached hydrogens (primary N) is 1. The quantitative estimate of drug-likeness (QED) is 0.580. The van der Waals surface area contributed by atoms with Crippen molar-refractivity contribution < 1.29 is 0 Å². The summed E-state index contributed by atoms with van der Waals surface area (Å²) < 4.78 is 0. The van der Waals surface area contributed by atoms with Gasteiger partial charge in [0.2, 0.25) is 0 Å². The summed E-state index contributed by atoms with van der Waals surface area (Å²) in [5.41, 5.74) is 9.23. The third-order valence-electron chi connectivity index (χ3n) is 5.16. The van der Waals surface area contributed by atoms with Gasteiger partial charge in [-0.1, -0.05) is 23.2 Å². The second-order valence-corrected chi connectivity index (χ2v) is 7.92. The molecule has 1 aliphatic heterocycles. The molecule has 0 fully saturated rings. The molecule has 0 saturated carbocycles. The highest BCUT2D eigenvalue weighted by Gasteiger charge is 2.23. The van der Waals surface area contributed by atoms with Gasteiger partial charge < -0.3 is 11.1 Å². The molecule has 3 aromatic rings. The second-order valence-electron chi connectivity index (χ2n) is 7.16. The van der Waals surface area contributed by atoms with Crippen LogP contribution in [0.25, 0.3) is 21.9 Å². The Morgan fingerprint density at radius 2 is 2.10 bits per heavy atom. The molecule has 0 saturated heterocycles. The topological polar surface area (TPSA) is 103 Å². The Hall–Kier alpha value is -3.08. The molecule has 3 N–H and O–H groups in total. The molecule has 4 rings (SSSR count). The fourth-order valence-corrected chi connectivity index (χ4v) is 4.14. The van der Waals surface area contributed by atoms with Crippen molar-refractivity contribution in [2.45, 2.75) is 25.9 Å². The number of aryl methyl sites for hydroxylation is 1. The van der Waals surface area contributed by atoms with Crippen molar-refractivity contribution in [3.63, 3.8) is 0 Å². The van der Waals surface area contributed by atoms with Crippen LogP contribution < -0.4 is 11.1 Å². The SMILES string of the molecule is Cc1ccncc1-c1c(Cl)c(N)c2cnc(NC3C=NN(C(C)C#N)C3)cc2c1Cl. The smallest absolute Gasteiger partial charge is 0.131 e. The van der Waals surface area contributed by atoms with Gasteiger partial charge in [0.15, 0.2) is 0 Å². The number of benzene rings is 1. The number of hydrogen-bond acceptors (Lipinski definition) is 7. The van der Waals surface area contributed by atoms with E-state index in [-0.39, 0.29) is 12.1 Å². The van der Waals surface area contributed by atoms with Crippen LogP contribution in [-0.4, -0.2) is 39.8 Å². The Kier molecular flexibility index (Phi) is 5.37. The lowest BCUT2D eigenvalue weighted by molar-refractivity contribution is 0.281. The molecule has 0 bridgehead atoms. The van der Waals surface area contributed by atoms with Crippen LogP contribution in [-0.2, 0) is 0 Å². The average Bonchev–Trinajstić information content (AvgIpc) is 3.21. The number of aromatic nitrogens is 2. The molecule has 2 unspecified atom stereocenters. The summed E-state index contributed by atoms with van der Waals surface area (Å²) in [4.78, 5) is 8.66. The van der Waals surface area contributed by atoms with Crippen LogP contribution in [0, 0.1) is 18.3 Å². The van der Waals surface area contributed by atoms with Gasteiger partial charge in [-0.15, -0.1) is 0 Å². The molecule has 3 heterocycles. The zero-order valence-corrected chi connectivity index (χ0v) is 17.9. The van der Waals surface area contributed by atoms with Gasteiger partial charge in [0.1, 0.15) is 11.9 Å². The number of hydrogen-bond donors (Lipinski definition) is 2. The summed E-state index contributed by atoms with van der Waals surface area (Å²) in [5.74, 6) is 0.628. The maximum absolute atomic E-state index is 9.07. The number of rotatable bonds is 4. The van der Waals surface area contributed by atoms with Crippen molar-refractivity contribution in [2.24, 2.45) is 5.10 Å². The Labute approximate surface area is 184 Å². The number of nitrogens with zero attached hydrogens (tertiary/aromatic N) is 5. The Morgan fingerprint density at radius 1 is 1.30 bits per heavy atom. The first-order chi connectivity index (χ1) is 14.4. The van der Waals surface area contributed by atoms with Gasteiger partial charge in [-0.25, -0.2) is 4.98 Å². The molecule has 7 nitrogen and oxygen atoms in total. The predicted octanol–water partition coefficient (Wildman–Crippen LogP) is 4.49. The van der Waals surface area contributed by atoms with Crippen LogP contribution in [0.3, 0.4) is 0 Å². The van der Waals surface area contributed by atoms with Crippen molar-refractivity contribution in [3.05, 3.63) is 46.3 Å². The van der Waals surface area contributed by atoms with E-state index in [1.807, 2.05) is 26.0 Å². The summed E-state index contributed by atoms with van der Waals surface area (Å²) in [6.07, 6.45) is 6.87. The number of halogens is 2. The molecule has 2 atom stereocenters. The summed E-state index contributed by atoms with van der Waals surface area (Å²) >= 11 is 13.4. The molecule has 2 aromatic heterocycles. The highest BCUT2D eigenvalue weighted by atomic mass is 35.5. The minimum atomic E-state index is -0.292. The van der Waals surface area contributed by atoms with Crippen molar-refractivity contribution in [2.75, 3.05) is 17.6 Å². The Morgan fingerprint density at radius 3 is 2.83 bits per heavy atom. The summed E-state index contributed by atoms with van der Waals surface area (Å²) in [6.45, 7) is 4.35. The summed E-state index contributed by atoms with van der Waals surface area (Å²) in [7, 11) is 0. The maximum atomic E-state index is 9.07. The van der Waals surface area contributed by atoms with E-state index in [0.717, 1.165) is 16.5 Å². The van der Waals surface area contributed by atoms with Gasteiger partial charge in [-0.3, -0.25) is 9.99 Å². The van der Waals surface area contributed by atoms with Crippen LogP contribution in [0.2, 0.25) is 10.0 Å². The lowest BCUT2D eigenvalue weighted by atomic mass is 9.98. The summed E-state index contributed by atoms with van der Waals surface area (Å²) in [5, 5.41) is 20.7. The van der Waals surface area contributed by atoms with Gasteiger partial charge in [0, 0.05) is 46.7 Å². The fraction of sp³-hybridized carbons (Fsp3) is 0.238. The van der Waals surface area contributed by atoms with Gasteiger partial charge in [-0.2, -0.15) is 10.4 Å². The lowest BCUT2D eigenvalue weighted by Crippen LogP contribution is -2.32. The van der Waals surface area contributed by atoms with Gasteiger partial charge in [0.25, 0.3) is 0 Å². The zero-order chi connectivity index (χ0) is 21.4. The first-order valence-corrected chi connectivity index (χ1v) is 10.1. The normalized spacial score (nSPS) is 16.6. The van der Waals surface area contributed by atoms with E-state index in [9.17, 15) is 0 Å². The molecule has 0 radical (unpaired) electrons. The third kappa shape index (κ3) is 3.49. The first kappa shape index (κ1) is 20.2. The van der Waals surface area contributed by atoms with E-state index in [1.165, 1.54) is 0 Å². The number of nitriles is 1. The largest absolute Gasteiger partial charge is 0.397 e. The molecule has 0 amide bonds. The highest BCUT2D eigenvalue weighted by Crippen LogP contribution is 2.45. The highest BCUT2D eigenvalue weighted by molar-refractivity contribution is 6.45. The van der Waals surface area contributed by atoms with E-state index in [4.69, 9.17) is 34.2 Å². The van der Waals surface area contributed by atoms with E-state index >= 15 is 0 Å². The van der Waals surface area contributed by atoms with Crippen LogP contribution in [0.1, 0.15) is 12.5 Å². The van der Waals surface area contributed by atoms with Crippen LogP contribution in [0.15, 0.2) is 35.8 Å². The standard InChI is InChI=1S/C21H19Cl2N7/c1-11-3-4-26-8-15(11)18-19(22)14-5-17(27-9-16(14)21(25)20(18)23)29-13-7-28-30(10-13)12(2)6-24/h3-5,7-9,12-13H,10,25H2,1-2H3,(H,27,29). The zero-order valence-electron chi connectivity index (χ0n) is 16.4. The van der Waals surface area contributed by atoms with Crippen LogP contribution >= 0.6 is 23.2 Å². The number of anilines is 2. The van der Waals surface area contributed by atoms with Crippen molar-refractivity contribution in [3.8, 4) is 17.2 Å². The number of nitrogens with one attached hydrogen (secondary N) is 1. The molecule has 1 aromatic carbocycles. The van der Waals surface area contributed by atoms with Gasteiger partial charge in [-0.05, 0) is 31.5 Å². The predicted molar refractivity (Wildman–Crippen MR) is 122 cm³/mol. The molecule has 152 valence electrons. The molecular formula is C21H19Cl2N7. The third-order valence-corrected chi connectivity index (χ3v) is 5.95. The Bertz CT molecular complexity index is 1200. The molecular weight excluding hydrogens is 421 g/mol. The van der Waals surface area contributed by atoms with Gasteiger partial charge in [0.05, 0.1) is 34.4 Å². The van der Waals surface area contributed by atoms with Crippen LogP contribution in [0.4, 0.5) is 11.5 Å². The molecule has 0 aliphatic carbocycles. The first-order valence-electron chi connectivity index (χ1n) is 9.34. The minimum absolute atomic E-state index is 0.0748. The summed E-state index contributed by atoms with van der Waals surface area (Å²) in [6, 6.07) is 5.56. The van der Waals surface area contributed by atoms with E-state index in [0.29, 0.717) is 39.0 Å². The second kappa shape index (κ2) is 7.98. The van der Waals surface area contributed by atoms with E-state index in [2.05, 4.69) is 26.5 Å². The molecule has 1 aliphatic rings. The number of nitrogen functional groups attached to an aromatic ring is 1. The minimum Gasteiger partial charge on any atom is -0.397 e. The Balaban J connectivity index is 1.74. The number of pyridine rings is 2. The van der Waals surface area contributed by atoms with Crippen molar-refractivity contribution >= 4 is 51.7 Å². The fourth-order valence-electron chi connectivity index (χ4n) is 3.44. The lowest BCUT2D eigenvalue weighted by Gasteiger charge is -2.19. The van der Waals surface area contributed by atoms with Crippen molar-refractivity contribution in [1.29, 1.82) is 5.26 Å². The molecule has 0 spiro atoms. The van der Waals surface area contributed by atoms with Gasteiger partial charge >= 0.3 is 0 Å². The maximum Gasteiger partial charge on any atom is 0.131 e.